The van der Waals surface area contributed by atoms with Crippen molar-refractivity contribution in [1.82, 2.24) is 9.97 Å². The lowest BCUT2D eigenvalue weighted by molar-refractivity contribution is 1.22. The molecule has 4 heteroatoms. The lowest BCUT2D eigenvalue weighted by Gasteiger charge is -2.01. The van der Waals surface area contributed by atoms with Gasteiger partial charge in [-0.05, 0) is 32.0 Å². The van der Waals surface area contributed by atoms with E-state index in [4.69, 9.17) is 17.3 Å². The third-order valence-corrected chi connectivity index (χ3v) is 2.69. The number of benzene rings is 1. The van der Waals surface area contributed by atoms with Crippen LogP contribution >= 0.6 is 11.6 Å². The standard InChI is InChI=1S/C11H12ClN3/c1-6-7(2)15-11(14-6)9-4-3-8(13)5-10(9)12/h3-5H,13H2,1-2H3,(H,14,15). The first-order chi connectivity index (χ1) is 7.08. The van der Waals surface area contributed by atoms with E-state index in [2.05, 4.69) is 9.97 Å². The predicted octanol–water partition coefficient (Wildman–Crippen LogP) is 2.93. The first-order valence-electron chi connectivity index (χ1n) is 4.66. The van der Waals surface area contributed by atoms with Crippen molar-refractivity contribution >= 4 is 17.3 Å². The van der Waals surface area contributed by atoms with E-state index in [-0.39, 0.29) is 0 Å². The number of imidazole rings is 1. The van der Waals surface area contributed by atoms with Crippen LogP contribution in [0.15, 0.2) is 18.2 Å². The van der Waals surface area contributed by atoms with E-state index in [1.165, 1.54) is 0 Å². The summed E-state index contributed by atoms with van der Waals surface area (Å²) in [6, 6.07) is 5.41. The molecule has 2 aromatic rings. The summed E-state index contributed by atoms with van der Waals surface area (Å²) < 4.78 is 0. The van der Waals surface area contributed by atoms with E-state index in [0.29, 0.717) is 10.7 Å². The van der Waals surface area contributed by atoms with E-state index in [0.717, 1.165) is 22.8 Å². The second-order valence-corrected chi connectivity index (χ2v) is 3.94. The minimum atomic E-state index is 0.615. The number of aromatic amines is 1. The fourth-order valence-electron chi connectivity index (χ4n) is 1.40. The van der Waals surface area contributed by atoms with Crippen molar-refractivity contribution in [3.05, 3.63) is 34.6 Å². The number of aromatic nitrogens is 2. The molecule has 0 saturated carbocycles. The maximum absolute atomic E-state index is 6.09. The fraction of sp³-hybridized carbons (Fsp3) is 0.182. The number of hydrogen-bond donors (Lipinski definition) is 2. The largest absolute Gasteiger partial charge is 0.399 e. The van der Waals surface area contributed by atoms with Gasteiger partial charge in [0.05, 0.1) is 10.7 Å². The molecule has 0 aliphatic carbocycles. The van der Waals surface area contributed by atoms with Crippen LogP contribution in [0.25, 0.3) is 11.4 Å². The van der Waals surface area contributed by atoms with E-state index >= 15 is 0 Å². The number of hydrogen-bond acceptors (Lipinski definition) is 2. The zero-order chi connectivity index (χ0) is 11.0. The second kappa shape index (κ2) is 3.59. The third kappa shape index (κ3) is 1.83. The third-order valence-electron chi connectivity index (χ3n) is 2.38. The van der Waals surface area contributed by atoms with Crippen LogP contribution in [0.4, 0.5) is 5.69 Å². The molecule has 0 atom stereocenters. The van der Waals surface area contributed by atoms with Crippen molar-refractivity contribution in [3.63, 3.8) is 0 Å². The Balaban J connectivity index is 2.54. The Morgan fingerprint density at radius 3 is 2.60 bits per heavy atom. The lowest BCUT2D eigenvalue weighted by Crippen LogP contribution is -1.87. The maximum atomic E-state index is 6.09. The molecule has 1 heterocycles. The molecule has 0 fully saturated rings. The summed E-state index contributed by atoms with van der Waals surface area (Å²) in [5.41, 5.74) is 9.20. The molecule has 0 radical (unpaired) electrons. The average Bonchev–Trinajstić information content (AvgIpc) is 2.46. The summed E-state index contributed by atoms with van der Waals surface area (Å²) in [5.74, 6) is 0.787. The van der Waals surface area contributed by atoms with E-state index < -0.39 is 0 Å². The van der Waals surface area contributed by atoms with Gasteiger partial charge in [-0.2, -0.15) is 0 Å². The van der Waals surface area contributed by atoms with Crippen molar-refractivity contribution in [2.45, 2.75) is 13.8 Å². The highest BCUT2D eigenvalue weighted by Crippen LogP contribution is 2.27. The SMILES string of the molecule is Cc1nc(-c2ccc(N)cc2Cl)[nH]c1C. The van der Waals surface area contributed by atoms with Gasteiger partial charge in [0.1, 0.15) is 5.82 Å². The fourth-order valence-corrected chi connectivity index (χ4v) is 1.68. The van der Waals surface area contributed by atoms with Gasteiger partial charge in [-0.25, -0.2) is 4.98 Å². The highest BCUT2D eigenvalue weighted by molar-refractivity contribution is 6.33. The molecule has 0 aliphatic rings. The molecular weight excluding hydrogens is 210 g/mol. The van der Waals surface area contributed by atoms with Crippen molar-refractivity contribution < 1.29 is 0 Å². The molecular formula is C11H12ClN3. The molecule has 0 amide bonds. The molecule has 1 aromatic carbocycles. The van der Waals surface area contributed by atoms with Gasteiger partial charge in [0, 0.05) is 16.9 Å². The first-order valence-corrected chi connectivity index (χ1v) is 5.04. The maximum Gasteiger partial charge on any atom is 0.139 e. The minimum absolute atomic E-state index is 0.615. The molecule has 1 aromatic heterocycles. The molecule has 3 N–H and O–H groups in total. The van der Waals surface area contributed by atoms with Gasteiger partial charge in [-0.15, -0.1) is 0 Å². The summed E-state index contributed by atoms with van der Waals surface area (Å²) in [4.78, 5) is 7.57. The number of nitrogen functional groups attached to an aromatic ring is 1. The lowest BCUT2D eigenvalue weighted by atomic mass is 10.2. The number of anilines is 1. The number of nitrogens with two attached hydrogens (primary N) is 1. The monoisotopic (exact) mass is 221 g/mol. The van der Waals surface area contributed by atoms with Gasteiger partial charge in [0.25, 0.3) is 0 Å². The van der Waals surface area contributed by atoms with E-state index in [1.807, 2.05) is 26.0 Å². The van der Waals surface area contributed by atoms with Crippen LogP contribution in [-0.2, 0) is 0 Å². The zero-order valence-electron chi connectivity index (χ0n) is 8.63. The second-order valence-electron chi connectivity index (χ2n) is 3.54. The summed E-state index contributed by atoms with van der Waals surface area (Å²) in [7, 11) is 0. The summed E-state index contributed by atoms with van der Waals surface area (Å²) in [6.07, 6.45) is 0. The molecule has 2 rings (SSSR count). The molecule has 0 spiro atoms. The van der Waals surface area contributed by atoms with Gasteiger partial charge in [0.15, 0.2) is 0 Å². The topological polar surface area (TPSA) is 54.7 Å². The Morgan fingerprint density at radius 2 is 2.07 bits per heavy atom. The highest BCUT2D eigenvalue weighted by atomic mass is 35.5. The molecule has 0 aliphatic heterocycles. The summed E-state index contributed by atoms with van der Waals surface area (Å²) in [6.45, 7) is 3.94. The smallest absolute Gasteiger partial charge is 0.139 e. The highest BCUT2D eigenvalue weighted by Gasteiger charge is 2.08. The number of H-pyrrole nitrogens is 1. The number of nitrogens with one attached hydrogen (secondary N) is 1. The van der Waals surface area contributed by atoms with Crippen LogP contribution in [0.2, 0.25) is 5.02 Å². The Morgan fingerprint density at radius 1 is 1.33 bits per heavy atom. The van der Waals surface area contributed by atoms with Crippen LogP contribution in [0.3, 0.4) is 0 Å². The van der Waals surface area contributed by atoms with Crippen LogP contribution in [0.1, 0.15) is 11.4 Å². The Hall–Kier alpha value is -1.48. The van der Waals surface area contributed by atoms with Crippen molar-refractivity contribution in [2.24, 2.45) is 0 Å². The van der Waals surface area contributed by atoms with Crippen molar-refractivity contribution in [3.8, 4) is 11.4 Å². The van der Waals surface area contributed by atoms with Gasteiger partial charge in [0.2, 0.25) is 0 Å². The normalized spacial score (nSPS) is 10.6. The number of rotatable bonds is 1. The molecule has 0 saturated heterocycles. The van der Waals surface area contributed by atoms with Crippen LogP contribution in [-0.4, -0.2) is 9.97 Å². The molecule has 0 bridgehead atoms. The summed E-state index contributed by atoms with van der Waals surface area (Å²) >= 11 is 6.09. The Labute approximate surface area is 93.3 Å². The number of nitrogens with zero attached hydrogens (tertiary/aromatic N) is 1. The Kier molecular flexibility index (Phi) is 2.40. The van der Waals surface area contributed by atoms with Gasteiger partial charge in [-0.1, -0.05) is 11.6 Å². The zero-order valence-corrected chi connectivity index (χ0v) is 9.39. The average molecular weight is 222 g/mol. The molecule has 3 nitrogen and oxygen atoms in total. The minimum Gasteiger partial charge on any atom is -0.399 e. The van der Waals surface area contributed by atoms with Gasteiger partial charge in [-0.3, -0.25) is 0 Å². The van der Waals surface area contributed by atoms with Gasteiger partial charge >= 0.3 is 0 Å². The summed E-state index contributed by atoms with van der Waals surface area (Å²) in [5, 5.41) is 0.615. The molecule has 15 heavy (non-hydrogen) atoms. The quantitative estimate of drug-likeness (QED) is 0.728. The molecule has 0 unspecified atom stereocenters. The number of halogens is 1. The Bertz CT molecular complexity index is 483. The molecule has 78 valence electrons. The van der Waals surface area contributed by atoms with Crippen molar-refractivity contribution in [2.75, 3.05) is 5.73 Å². The predicted molar refractivity (Wildman–Crippen MR) is 62.9 cm³/mol. The van der Waals surface area contributed by atoms with Gasteiger partial charge < -0.3 is 10.7 Å². The van der Waals surface area contributed by atoms with Crippen LogP contribution in [0.5, 0.6) is 0 Å². The van der Waals surface area contributed by atoms with Crippen LogP contribution in [0, 0.1) is 13.8 Å². The van der Waals surface area contributed by atoms with Crippen LogP contribution < -0.4 is 5.73 Å². The van der Waals surface area contributed by atoms with E-state index in [1.54, 1.807) is 6.07 Å². The first kappa shape index (κ1) is 10.1. The van der Waals surface area contributed by atoms with Crippen molar-refractivity contribution in [1.29, 1.82) is 0 Å². The number of aryl methyl sites for hydroxylation is 2. The van der Waals surface area contributed by atoms with E-state index in [9.17, 15) is 0 Å².